The fraction of sp³-hybridized carbons (Fsp3) is 0.286. The smallest absolute Gasteiger partial charge is 0.223 e. The van der Waals surface area contributed by atoms with Crippen LogP contribution >= 0.6 is 0 Å². The zero-order valence-electron chi connectivity index (χ0n) is 19.4. The van der Waals surface area contributed by atoms with Gasteiger partial charge in [-0.2, -0.15) is 0 Å². The Morgan fingerprint density at radius 1 is 1.00 bits per heavy atom. The Kier molecular flexibility index (Phi) is 6.30. The van der Waals surface area contributed by atoms with Crippen LogP contribution in [0.15, 0.2) is 72.8 Å². The fourth-order valence-corrected chi connectivity index (χ4v) is 4.78. The van der Waals surface area contributed by atoms with Gasteiger partial charge in [0.05, 0.1) is 17.6 Å². The average Bonchev–Trinajstić information content (AvgIpc) is 3.21. The Balaban J connectivity index is 1.28. The molecule has 1 N–H and O–H groups in total. The van der Waals surface area contributed by atoms with Crippen molar-refractivity contribution >= 4 is 22.9 Å². The number of piperidine rings is 1. The molecule has 34 heavy (non-hydrogen) atoms. The lowest BCUT2D eigenvalue weighted by Gasteiger charge is -2.32. The first-order chi connectivity index (χ1) is 16.6. The third-order valence-corrected chi connectivity index (χ3v) is 6.56. The van der Waals surface area contributed by atoms with E-state index in [1.54, 1.807) is 6.07 Å². The molecule has 1 fully saturated rings. The van der Waals surface area contributed by atoms with Crippen LogP contribution in [0.25, 0.3) is 11.0 Å². The van der Waals surface area contributed by atoms with Crippen LogP contribution in [0.1, 0.15) is 29.5 Å². The van der Waals surface area contributed by atoms with Crippen LogP contribution in [-0.4, -0.2) is 28.5 Å². The summed E-state index contributed by atoms with van der Waals surface area (Å²) in [6.07, 6.45) is 1.53. The monoisotopic (exact) mass is 456 g/mol. The minimum absolute atomic E-state index is 0.0391. The van der Waals surface area contributed by atoms with E-state index in [0.717, 1.165) is 55.0 Å². The maximum atomic E-state index is 13.4. The topological polar surface area (TPSA) is 50.2 Å². The molecule has 0 bridgehead atoms. The van der Waals surface area contributed by atoms with Gasteiger partial charge in [0.1, 0.15) is 5.82 Å². The van der Waals surface area contributed by atoms with Gasteiger partial charge in [0.15, 0.2) is 0 Å². The number of benzene rings is 3. The molecule has 3 aromatic carbocycles. The molecule has 0 atom stereocenters. The van der Waals surface area contributed by atoms with E-state index < -0.39 is 0 Å². The lowest BCUT2D eigenvalue weighted by Crippen LogP contribution is -2.41. The first-order valence-electron chi connectivity index (χ1n) is 11.8. The highest BCUT2D eigenvalue weighted by atomic mass is 19.1. The molecule has 1 saturated heterocycles. The van der Waals surface area contributed by atoms with Gasteiger partial charge < -0.3 is 14.8 Å². The van der Waals surface area contributed by atoms with Gasteiger partial charge in [-0.05, 0) is 55.2 Å². The molecule has 0 radical (unpaired) electrons. The summed E-state index contributed by atoms with van der Waals surface area (Å²) < 4.78 is 15.7. The lowest BCUT2D eigenvalue weighted by molar-refractivity contribution is -0.125. The quantitative estimate of drug-likeness (QED) is 0.441. The number of para-hydroxylation sites is 2. The molecule has 6 heteroatoms. The predicted molar refractivity (Wildman–Crippen MR) is 133 cm³/mol. The van der Waals surface area contributed by atoms with Gasteiger partial charge in [-0.1, -0.05) is 54.1 Å². The zero-order chi connectivity index (χ0) is 23.5. The van der Waals surface area contributed by atoms with Crippen molar-refractivity contribution in [3.05, 3.63) is 95.3 Å². The number of imidazole rings is 1. The number of nitrogens with one attached hydrogen (secondary N) is 1. The molecule has 1 aromatic heterocycles. The van der Waals surface area contributed by atoms with E-state index in [9.17, 15) is 9.18 Å². The highest BCUT2D eigenvalue weighted by molar-refractivity contribution is 5.80. The predicted octanol–water partition coefficient (Wildman–Crippen LogP) is 5.06. The van der Waals surface area contributed by atoms with E-state index in [2.05, 4.69) is 64.2 Å². The van der Waals surface area contributed by atoms with E-state index in [1.165, 1.54) is 23.3 Å². The van der Waals surface area contributed by atoms with Crippen LogP contribution in [0.2, 0.25) is 0 Å². The SMILES string of the molecule is Cc1cccc(Cn2c(N3CCC(C(=O)NCc4cccc(F)c4)CC3)nc3ccccc32)c1. The Hall–Kier alpha value is -3.67. The van der Waals surface area contributed by atoms with Crippen molar-refractivity contribution in [3.63, 3.8) is 0 Å². The van der Waals surface area contributed by atoms with Crippen molar-refractivity contribution in [2.75, 3.05) is 18.0 Å². The fourth-order valence-electron chi connectivity index (χ4n) is 4.78. The maximum absolute atomic E-state index is 13.4. The highest BCUT2D eigenvalue weighted by Gasteiger charge is 2.27. The Morgan fingerprint density at radius 3 is 2.56 bits per heavy atom. The molecule has 1 aliphatic rings. The number of halogens is 1. The van der Waals surface area contributed by atoms with Gasteiger partial charge in [0.25, 0.3) is 0 Å². The van der Waals surface area contributed by atoms with Crippen molar-refractivity contribution in [2.24, 2.45) is 5.92 Å². The molecule has 0 saturated carbocycles. The number of nitrogens with zero attached hydrogens (tertiary/aromatic N) is 3. The average molecular weight is 457 g/mol. The molecule has 5 nitrogen and oxygen atoms in total. The van der Waals surface area contributed by atoms with E-state index >= 15 is 0 Å². The molecular formula is C28H29FN4O. The highest BCUT2D eigenvalue weighted by Crippen LogP contribution is 2.28. The maximum Gasteiger partial charge on any atom is 0.223 e. The normalized spacial score (nSPS) is 14.5. The van der Waals surface area contributed by atoms with Crippen LogP contribution in [0, 0.1) is 18.7 Å². The van der Waals surface area contributed by atoms with E-state index in [0.29, 0.717) is 6.54 Å². The third-order valence-electron chi connectivity index (χ3n) is 6.56. The second-order valence-corrected chi connectivity index (χ2v) is 9.08. The molecule has 5 rings (SSSR count). The number of anilines is 1. The summed E-state index contributed by atoms with van der Waals surface area (Å²) in [5.41, 5.74) is 5.37. The summed E-state index contributed by atoms with van der Waals surface area (Å²) in [7, 11) is 0. The van der Waals surface area contributed by atoms with Gasteiger partial charge in [-0.3, -0.25) is 4.79 Å². The van der Waals surface area contributed by atoms with Crippen molar-refractivity contribution in [3.8, 4) is 0 Å². The number of carbonyl (C=O) groups excluding carboxylic acids is 1. The van der Waals surface area contributed by atoms with Gasteiger partial charge >= 0.3 is 0 Å². The number of hydrogen-bond donors (Lipinski definition) is 1. The Bertz CT molecular complexity index is 1310. The van der Waals surface area contributed by atoms with E-state index in [-0.39, 0.29) is 17.6 Å². The van der Waals surface area contributed by atoms with Crippen molar-refractivity contribution in [1.82, 2.24) is 14.9 Å². The number of amides is 1. The first kappa shape index (κ1) is 22.1. The largest absolute Gasteiger partial charge is 0.352 e. The number of carbonyl (C=O) groups is 1. The van der Waals surface area contributed by atoms with E-state index in [1.807, 2.05) is 12.1 Å². The number of hydrogen-bond acceptors (Lipinski definition) is 3. The molecule has 2 heterocycles. The summed E-state index contributed by atoms with van der Waals surface area (Å²) in [5.74, 6) is 0.673. The lowest BCUT2D eigenvalue weighted by atomic mass is 9.96. The van der Waals surface area contributed by atoms with E-state index in [4.69, 9.17) is 4.98 Å². The Labute approximate surface area is 199 Å². The number of aryl methyl sites for hydroxylation is 1. The molecule has 0 aliphatic carbocycles. The molecule has 1 aliphatic heterocycles. The molecule has 1 amide bonds. The zero-order valence-corrected chi connectivity index (χ0v) is 19.4. The van der Waals surface area contributed by atoms with Gasteiger partial charge in [-0.25, -0.2) is 9.37 Å². The van der Waals surface area contributed by atoms with Crippen LogP contribution in [0.5, 0.6) is 0 Å². The molecular weight excluding hydrogens is 427 g/mol. The summed E-state index contributed by atoms with van der Waals surface area (Å²) in [5, 5.41) is 2.98. The number of aromatic nitrogens is 2. The molecule has 4 aromatic rings. The van der Waals surface area contributed by atoms with Crippen molar-refractivity contribution in [1.29, 1.82) is 0 Å². The van der Waals surface area contributed by atoms with Crippen LogP contribution in [0.3, 0.4) is 0 Å². The van der Waals surface area contributed by atoms with Crippen molar-refractivity contribution in [2.45, 2.75) is 32.9 Å². The summed E-state index contributed by atoms with van der Waals surface area (Å²) in [6, 6.07) is 23.2. The summed E-state index contributed by atoms with van der Waals surface area (Å²) in [6.45, 7) is 4.76. The third kappa shape index (κ3) is 4.81. The van der Waals surface area contributed by atoms with Gasteiger partial charge in [0.2, 0.25) is 11.9 Å². The standard InChI is InChI=1S/C28H29FN4O/c1-20-6-4-8-22(16-20)19-33-26-11-3-2-10-25(26)31-28(33)32-14-12-23(13-15-32)27(34)30-18-21-7-5-9-24(29)17-21/h2-11,16-17,23H,12-15,18-19H2,1H3,(H,30,34). The van der Waals surface area contributed by atoms with Crippen molar-refractivity contribution < 1.29 is 9.18 Å². The molecule has 0 unspecified atom stereocenters. The Morgan fingerprint density at radius 2 is 1.76 bits per heavy atom. The summed E-state index contributed by atoms with van der Waals surface area (Å²) >= 11 is 0. The van der Waals surface area contributed by atoms with Crippen LogP contribution in [0.4, 0.5) is 10.3 Å². The van der Waals surface area contributed by atoms with Crippen LogP contribution < -0.4 is 10.2 Å². The molecule has 0 spiro atoms. The van der Waals surface area contributed by atoms with Gasteiger partial charge in [-0.15, -0.1) is 0 Å². The molecule has 174 valence electrons. The minimum Gasteiger partial charge on any atom is -0.352 e. The van der Waals surface area contributed by atoms with Gasteiger partial charge in [0, 0.05) is 25.6 Å². The second-order valence-electron chi connectivity index (χ2n) is 9.08. The second kappa shape index (κ2) is 9.67. The number of rotatable bonds is 6. The van der Waals surface area contributed by atoms with Crippen LogP contribution in [-0.2, 0) is 17.9 Å². The summed E-state index contributed by atoms with van der Waals surface area (Å²) in [4.78, 5) is 20.0. The minimum atomic E-state index is -0.284. The number of fused-ring (bicyclic) bond motifs is 1. The first-order valence-corrected chi connectivity index (χ1v) is 11.8.